The highest BCUT2D eigenvalue weighted by Crippen LogP contribution is 2.19. The maximum absolute atomic E-state index is 12.4. The van der Waals surface area contributed by atoms with Gasteiger partial charge in [0.15, 0.2) is 0 Å². The molecule has 0 radical (unpaired) electrons. The second-order valence-corrected chi connectivity index (χ2v) is 6.91. The third-order valence-corrected chi connectivity index (χ3v) is 4.98. The molecule has 0 fully saturated rings. The molecule has 1 aromatic rings. The average Bonchev–Trinajstić information content (AvgIpc) is 2.55. The molecule has 24 heavy (non-hydrogen) atoms. The van der Waals surface area contributed by atoms with E-state index >= 15 is 0 Å². The van der Waals surface area contributed by atoms with Gasteiger partial charge in [-0.15, -0.1) is 0 Å². The molecule has 1 aromatic carbocycles. The van der Waals surface area contributed by atoms with E-state index in [1.165, 1.54) is 43.5 Å². The van der Waals surface area contributed by atoms with Gasteiger partial charge >= 0.3 is 5.97 Å². The van der Waals surface area contributed by atoms with E-state index in [0.29, 0.717) is 5.75 Å². The standard InChI is InChI=1S/C15H19NO7S/c1-22-10-2-5-12(6-3-10)24(20,21)16-13-7-4-11(8-15(18)19)23-14(13)9-17/h2-7,11,13-14,16-17H,8-9H2,1H3,(H,18,19)/t11-,13-,14-/m0/s1. The zero-order valence-electron chi connectivity index (χ0n) is 13.0. The molecule has 1 aliphatic heterocycles. The van der Waals surface area contributed by atoms with E-state index in [4.69, 9.17) is 14.6 Å². The van der Waals surface area contributed by atoms with Crippen LogP contribution >= 0.6 is 0 Å². The third kappa shape index (κ3) is 4.54. The lowest BCUT2D eigenvalue weighted by Gasteiger charge is -2.31. The number of aliphatic hydroxyl groups is 1. The largest absolute Gasteiger partial charge is 0.497 e. The first kappa shape index (κ1) is 18.4. The molecule has 3 N–H and O–H groups in total. The zero-order chi connectivity index (χ0) is 17.7. The van der Waals surface area contributed by atoms with Crippen LogP contribution < -0.4 is 9.46 Å². The highest BCUT2D eigenvalue weighted by molar-refractivity contribution is 7.89. The fourth-order valence-electron chi connectivity index (χ4n) is 2.28. The number of rotatable bonds is 7. The summed E-state index contributed by atoms with van der Waals surface area (Å²) in [4.78, 5) is 10.8. The Morgan fingerprint density at radius 1 is 1.29 bits per heavy atom. The van der Waals surface area contributed by atoms with Crippen LogP contribution in [0.1, 0.15) is 6.42 Å². The number of ether oxygens (including phenoxy) is 2. The van der Waals surface area contributed by atoms with Gasteiger partial charge in [-0.1, -0.05) is 12.2 Å². The number of carboxylic acid groups (broad SMARTS) is 1. The van der Waals surface area contributed by atoms with Crippen LogP contribution in [0.3, 0.4) is 0 Å². The number of benzene rings is 1. The fourth-order valence-corrected chi connectivity index (χ4v) is 3.50. The Labute approximate surface area is 139 Å². The average molecular weight is 357 g/mol. The molecular weight excluding hydrogens is 338 g/mol. The lowest BCUT2D eigenvalue weighted by molar-refractivity contribution is -0.141. The van der Waals surface area contributed by atoms with Crippen molar-refractivity contribution >= 4 is 16.0 Å². The van der Waals surface area contributed by atoms with Crippen molar-refractivity contribution in [3.63, 3.8) is 0 Å². The number of nitrogens with one attached hydrogen (secondary N) is 1. The van der Waals surface area contributed by atoms with E-state index in [1.54, 1.807) is 0 Å². The van der Waals surface area contributed by atoms with Crippen LogP contribution in [0.2, 0.25) is 0 Å². The Morgan fingerprint density at radius 3 is 2.50 bits per heavy atom. The molecule has 9 heteroatoms. The van der Waals surface area contributed by atoms with Crippen molar-refractivity contribution in [2.75, 3.05) is 13.7 Å². The maximum atomic E-state index is 12.4. The number of carbonyl (C=O) groups is 1. The van der Waals surface area contributed by atoms with Crippen molar-refractivity contribution in [2.45, 2.75) is 29.6 Å². The van der Waals surface area contributed by atoms with Gasteiger partial charge in [0.05, 0.1) is 37.2 Å². The summed E-state index contributed by atoms with van der Waals surface area (Å²) in [6.07, 6.45) is 1.14. The minimum absolute atomic E-state index is 0.0426. The summed E-state index contributed by atoms with van der Waals surface area (Å²) in [5.41, 5.74) is 0. The lowest BCUT2D eigenvalue weighted by Crippen LogP contribution is -2.48. The number of aliphatic hydroxyl groups excluding tert-OH is 1. The summed E-state index contributed by atoms with van der Waals surface area (Å²) in [6.45, 7) is -0.448. The molecule has 1 heterocycles. The Morgan fingerprint density at radius 2 is 1.96 bits per heavy atom. The lowest BCUT2D eigenvalue weighted by atomic mass is 10.1. The van der Waals surface area contributed by atoms with Crippen molar-refractivity contribution in [2.24, 2.45) is 0 Å². The first-order chi connectivity index (χ1) is 11.4. The Bertz CT molecular complexity index is 699. The first-order valence-corrected chi connectivity index (χ1v) is 8.67. The molecule has 0 unspecified atom stereocenters. The van der Waals surface area contributed by atoms with Gasteiger partial charge in [-0.05, 0) is 24.3 Å². The number of aliphatic carboxylic acids is 1. The SMILES string of the molecule is COc1ccc(S(=O)(=O)N[C@H]2C=C[C@@H](CC(=O)O)O[C@H]2CO)cc1. The van der Waals surface area contributed by atoms with Crippen LogP contribution in [0.25, 0.3) is 0 Å². The molecule has 3 atom stereocenters. The van der Waals surface area contributed by atoms with Crippen LogP contribution in [0, 0.1) is 0 Å². The van der Waals surface area contributed by atoms with Gasteiger partial charge in [-0.3, -0.25) is 4.79 Å². The monoisotopic (exact) mass is 357 g/mol. The van der Waals surface area contributed by atoms with Gasteiger partial charge in [0, 0.05) is 0 Å². The van der Waals surface area contributed by atoms with Gasteiger partial charge in [0.25, 0.3) is 0 Å². The molecule has 0 aliphatic carbocycles. The zero-order valence-corrected chi connectivity index (χ0v) is 13.8. The van der Waals surface area contributed by atoms with Crippen molar-refractivity contribution in [1.82, 2.24) is 4.72 Å². The number of methoxy groups -OCH3 is 1. The molecule has 0 spiro atoms. The van der Waals surface area contributed by atoms with Crippen LogP contribution in [0.4, 0.5) is 0 Å². The first-order valence-electron chi connectivity index (χ1n) is 7.18. The van der Waals surface area contributed by atoms with E-state index in [1.807, 2.05) is 0 Å². The highest BCUT2D eigenvalue weighted by Gasteiger charge is 2.31. The number of sulfonamides is 1. The van der Waals surface area contributed by atoms with Gasteiger partial charge < -0.3 is 19.7 Å². The number of hydrogen-bond donors (Lipinski definition) is 3. The van der Waals surface area contributed by atoms with Crippen LogP contribution in [-0.2, 0) is 19.6 Å². The van der Waals surface area contributed by atoms with E-state index < -0.39 is 40.8 Å². The number of carboxylic acids is 1. The highest BCUT2D eigenvalue weighted by atomic mass is 32.2. The summed E-state index contributed by atoms with van der Waals surface area (Å²) >= 11 is 0. The van der Waals surface area contributed by atoms with E-state index in [9.17, 15) is 18.3 Å². The van der Waals surface area contributed by atoms with E-state index in [2.05, 4.69) is 4.72 Å². The van der Waals surface area contributed by atoms with Crippen molar-refractivity contribution in [1.29, 1.82) is 0 Å². The molecule has 8 nitrogen and oxygen atoms in total. The predicted octanol–water partition coefficient (Wildman–Crippen LogP) is 0.133. The van der Waals surface area contributed by atoms with Gasteiger partial charge in [-0.2, -0.15) is 0 Å². The molecule has 0 amide bonds. The van der Waals surface area contributed by atoms with E-state index in [-0.39, 0.29) is 11.3 Å². The van der Waals surface area contributed by atoms with Crippen molar-refractivity contribution < 1.29 is 32.9 Å². The van der Waals surface area contributed by atoms with Crippen molar-refractivity contribution in [3.8, 4) is 5.75 Å². The second-order valence-electron chi connectivity index (χ2n) is 5.20. The summed E-state index contributed by atoms with van der Waals surface area (Å²) in [6, 6.07) is 5.04. The molecule has 132 valence electrons. The normalized spacial score (nSPS) is 23.8. The van der Waals surface area contributed by atoms with Crippen LogP contribution in [0.15, 0.2) is 41.3 Å². The molecule has 0 saturated heterocycles. The molecule has 1 aliphatic rings. The quantitative estimate of drug-likeness (QED) is 0.593. The molecule has 0 saturated carbocycles. The van der Waals surface area contributed by atoms with Crippen LogP contribution in [-0.4, -0.2) is 56.6 Å². The minimum atomic E-state index is -3.83. The minimum Gasteiger partial charge on any atom is -0.497 e. The van der Waals surface area contributed by atoms with Gasteiger partial charge in [-0.25, -0.2) is 13.1 Å². The molecule has 0 bridgehead atoms. The Balaban J connectivity index is 2.13. The van der Waals surface area contributed by atoms with E-state index in [0.717, 1.165) is 0 Å². The van der Waals surface area contributed by atoms with Gasteiger partial charge in [0.1, 0.15) is 11.9 Å². The number of hydrogen-bond acceptors (Lipinski definition) is 6. The summed E-state index contributed by atoms with van der Waals surface area (Å²) in [7, 11) is -2.36. The summed E-state index contributed by atoms with van der Waals surface area (Å²) < 4.78 is 37.6. The van der Waals surface area contributed by atoms with Crippen LogP contribution in [0.5, 0.6) is 5.75 Å². The smallest absolute Gasteiger partial charge is 0.306 e. The second kappa shape index (κ2) is 7.75. The van der Waals surface area contributed by atoms with Gasteiger partial charge in [0.2, 0.25) is 10.0 Å². The molecule has 2 rings (SSSR count). The van der Waals surface area contributed by atoms with Crippen molar-refractivity contribution in [3.05, 3.63) is 36.4 Å². The molecule has 0 aromatic heterocycles. The Kier molecular flexibility index (Phi) is 5.94. The Hall–Kier alpha value is -1.94. The summed E-state index contributed by atoms with van der Waals surface area (Å²) in [5, 5.41) is 18.2. The predicted molar refractivity (Wildman–Crippen MR) is 84.2 cm³/mol. The summed E-state index contributed by atoms with van der Waals surface area (Å²) in [5.74, 6) is -0.516. The molecular formula is C15H19NO7S. The maximum Gasteiger partial charge on any atom is 0.306 e. The third-order valence-electron chi connectivity index (χ3n) is 3.50. The topological polar surface area (TPSA) is 122 Å². The fraction of sp³-hybridized carbons (Fsp3) is 0.400.